The van der Waals surface area contributed by atoms with E-state index in [2.05, 4.69) is 49.5 Å². The number of carbonyl (C=O) groups excluding carboxylic acids is 1. The number of nitrogens with one attached hydrogen (secondary N) is 1. The summed E-state index contributed by atoms with van der Waals surface area (Å²) in [4.78, 5) is 16.5. The second kappa shape index (κ2) is 8.19. The minimum Gasteiger partial charge on any atom is -0.481 e. The van der Waals surface area contributed by atoms with E-state index in [0.29, 0.717) is 24.1 Å². The number of hydrogen-bond donors (Lipinski definition) is 1. The molecule has 1 aromatic heterocycles. The molecule has 2 fully saturated rings. The molecule has 0 radical (unpaired) electrons. The fraction of sp³-hybridized carbons (Fsp3) is 0.417. The monoisotopic (exact) mass is 410 g/mol. The van der Waals surface area contributed by atoms with Crippen LogP contribution in [0.2, 0.25) is 5.02 Å². The lowest BCUT2D eigenvalue weighted by Crippen LogP contribution is -2.23. The fourth-order valence-corrected chi connectivity index (χ4v) is 4.32. The number of nitrogens with zero attached hydrogens (tertiary/aromatic N) is 1. The van der Waals surface area contributed by atoms with Gasteiger partial charge >= 0.3 is 0 Å². The smallest absolute Gasteiger partial charge is 0.220 e. The number of benzene rings is 1. The Balaban J connectivity index is 1.78. The number of hydrogen-bond acceptors (Lipinski definition) is 3. The minimum absolute atomic E-state index is 0.00282. The largest absolute Gasteiger partial charge is 0.481 e. The van der Waals surface area contributed by atoms with Gasteiger partial charge in [-0.1, -0.05) is 49.7 Å². The molecule has 4 nitrogen and oxygen atoms in total. The molecule has 0 bridgehead atoms. The minimum atomic E-state index is -0.00282. The lowest BCUT2D eigenvalue weighted by Gasteiger charge is -2.16. The first-order chi connectivity index (χ1) is 14.0. The molecule has 1 amide bonds. The van der Waals surface area contributed by atoms with E-state index in [4.69, 9.17) is 21.3 Å². The Morgan fingerprint density at radius 3 is 2.62 bits per heavy atom. The van der Waals surface area contributed by atoms with Crippen LogP contribution in [0.25, 0.3) is 5.57 Å². The van der Waals surface area contributed by atoms with Crippen LogP contribution in [0.3, 0.4) is 0 Å². The van der Waals surface area contributed by atoms with E-state index >= 15 is 0 Å². The van der Waals surface area contributed by atoms with Crippen molar-refractivity contribution in [2.45, 2.75) is 57.4 Å². The molecule has 2 aromatic rings. The van der Waals surface area contributed by atoms with Gasteiger partial charge in [-0.2, -0.15) is 0 Å². The first-order valence-corrected chi connectivity index (χ1v) is 10.7. The average Bonchev–Trinajstić information content (AvgIpc) is 3.47. The lowest BCUT2D eigenvalue weighted by atomic mass is 9.95. The highest BCUT2D eigenvalue weighted by Crippen LogP contribution is 2.44. The Bertz CT molecular complexity index is 963. The van der Waals surface area contributed by atoms with Crippen molar-refractivity contribution >= 4 is 23.1 Å². The molecular formula is C24H27ClN2O2. The molecule has 5 heteroatoms. The van der Waals surface area contributed by atoms with Crippen LogP contribution >= 0.6 is 11.6 Å². The van der Waals surface area contributed by atoms with Crippen LogP contribution in [0.15, 0.2) is 36.4 Å². The SMILES string of the molecule is COc1nc(C(=C[C@H]2CCC(=O)N2)c2ccc(C(C)C)c(Cl)c2)ccc1C1CC1. The van der Waals surface area contributed by atoms with Gasteiger partial charge in [0.25, 0.3) is 0 Å². The topological polar surface area (TPSA) is 51.2 Å². The van der Waals surface area contributed by atoms with Crippen molar-refractivity contribution in [2.75, 3.05) is 7.11 Å². The number of ether oxygens (including phenoxy) is 1. The molecule has 2 aliphatic rings. The maximum atomic E-state index is 11.7. The summed E-state index contributed by atoms with van der Waals surface area (Å²) in [6.45, 7) is 4.27. The van der Waals surface area contributed by atoms with Crippen molar-refractivity contribution in [1.82, 2.24) is 10.3 Å². The number of rotatable bonds is 6. The number of methoxy groups -OCH3 is 1. The highest BCUT2D eigenvalue weighted by atomic mass is 35.5. The zero-order valence-corrected chi connectivity index (χ0v) is 17.9. The summed E-state index contributed by atoms with van der Waals surface area (Å²) in [6.07, 6.45) is 5.83. The second-order valence-corrected chi connectivity index (χ2v) is 8.66. The number of aromatic nitrogens is 1. The summed E-state index contributed by atoms with van der Waals surface area (Å²) in [5.74, 6) is 1.70. The quantitative estimate of drug-likeness (QED) is 0.688. The summed E-state index contributed by atoms with van der Waals surface area (Å²) < 4.78 is 5.60. The van der Waals surface area contributed by atoms with Crippen LogP contribution < -0.4 is 10.1 Å². The Kier molecular flexibility index (Phi) is 5.64. The van der Waals surface area contributed by atoms with Gasteiger partial charge in [-0.25, -0.2) is 4.98 Å². The van der Waals surface area contributed by atoms with Gasteiger partial charge in [-0.05, 0) is 54.4 Å². The Hall–Kier alpha value is -2.33. The Morgan fingerprint density at radius 2 is 2.03 bits per heavy atom. The van der Waals surface area contributed by atoms with Crippen molar-refractivity contribution < 1.29 is 9.53 Å². The predicted molar refractivity (Wildman–Crippen MR) is 117 cm³/mol. The van der Waals surface area contributed by atoms with Gasteiger partial charge in [0, 0.05) is 28.6 Å². The van der Waals surface area contributed by atoms with E-state index in [0.717, 1.165) is 33.8 Å². The van der Waals surface area contributed by atoms with E-state index in [1.165, 1.54) is 18.4 Å². The van der Waals surface area contributed by atoms with Crippen molar-refractivity contribution in [3.63, 3.8) is 0 Å². The first-order valence-electron chi connectivity index (χ1n) is 10.3. The molecule has 29 heavy (non-hydrogen) atoms. The van der Waals surface area contributed by atoms with Gasteiger partial charge in [0.1, 0.15) is 0 Å². The number of halogens is 1. The van der Waals surface area contributed by atoms with Gasteiger partial charge < -0.3 is 10.1 Å². The van der Waals surface area contributed by atoms with Crippen LogP contribution in [-0.4, -0.2) is 24.0 Å². The molecule has 1 aliphatic heterocycles. The summed E-state index contributed by atoms with van der Waals surface area (Å²) in [5, 5.41) is 3.78. The van der Waals surface area contributed by atoms with Crippen LogP contribution in [0.5, 0.6) is 5.88 Å². The van der Waals surface area contributed by atoms with Crippen molar-refractivity contribution in [2.24, 2.45) is 0 Å². The maximum absolute atomic E-state index is 11.7. The summed E-state index contributed by atoms with van der Waals surface area (Å²) in [6, 6.07) is 10.4. The zero-order valence-electron chi connectivity index (χ0n) is 17.2. The van der Waals surface area contributed by atoms with Gasteiger partial charge in [0.15, 0.2) is 0 Å². The fourth-order valence-electron chi connectivity index (χ4n) is 3.93. The Labute approximate surface area is 177 Å². The van der Waals surface area contributed by atoms with Crippen LogP contribution in [0.1, 0.15) is 73.8 Å². The molecule has 0 spiro atoms. The van der Waals surface area contributed by atoms with Crippen molar-refractivity contribution in [3.8, 4) is 5.88 Å². The standard InChI is InChI=1S/C24H27ClN2O2/c1-14(2)18-8-6-16(12-21(18)25)20(13-17-7-11-23(28)26-17)22-10-9-19(15-4-5-15)24(27-22)29-3/h6,8-10,12-15,17H,4-5,7,11H2,1-3H3,(H,26,28)/t17-/m1/s1. The summed E-state index contributed by atoms with van der Waals surface area (Å²) >= 11 is 6.59. The van der Waals surface area contributed by atoms with Gasteiger partial charge in [-0.3, -0.25) is 4.79 Å². The second-order valence-electron chi connectivity index (χ2n) is 8.25. The van der Waals surface area contributed by atoms with Crippen LogP contribution in [0, 0.1) is 0 Å². The number of carbonyl (C=O) groups is 1. The molecule has 1 aromatic carbocycles. The third-order valence-electron chi connectivity index (χ3n) is 5.71. The van der Waals surface area contributed by atoms with E-state index in [1.807, 2.05) is 6.07 Å². The maximum Gasteiger partial charge on any atom is 0.220 e. The van der Waals surface area contributed by atoms with Gasteiger partial charge in [0.05, 0.1) is 12.8 Å². The number of amides is 1. The highest BCUT2D eigenvalue weighted by molar-refractivity contribution is 6.31. The molecular weight excluding hydrogens is 384 g/mol. The lowest BCUT2D eigenvalue weighted by molar-refractivity contribution is -0.119. The van der Waals surface area contributed by atoms with Crippen molar-refractivity contribution in [3.05, 3.63) is 63.8 Å². The molecule has 1 saturated heterocycles. The molecule has 2 heterocycles. The predicted octanol–water partition coefficient (Wildman–Crippen LogP) is 5.45. The van der Waals surface area contributed by atoms with Crippen molar-refractivity contribution in [1.29, 1.82) is 0 Å². The molecule has 4 rings (SSSR count). The summed E-state index contributed by atoms with van der Waals surface area (Å²) in [5.41, 5.74) is 5.10. The van der Waals surface area contributed by atoms with E-state index in [1.54, 1.807) is 7.11 Å². The van der Waals surface area contributed by atoms with Gasteiger partial charge in [0.2, 0.25) is 11.8 Å². The third kappa shape index (κ3) is 4.32. The van der Waals surface area contributed by atoms with E-state index in [-0.39, 0.29) is 11.9 Å². The Morgan fingerprint density at radius 1 is 1.24 bits per heavy atom. The molecule has 0 unspecified atom stereocenters. The highest BCUT2D eigenvalue weighted by Gasteiger charge is 2.28. The first kappa shape index (κ1) is 20.0. The molecule has 1 aliphatic carbocycles. The zero-order chi connectivity index (χ0) is 20.5. The van der Waals surface area contributed by atoms with Crippen LogP contribution in [-0.2, 0) is 4.79 Å². The summed E-state index contributed by atoms with van der Waals surface area (Å²) in [7, 11) is 1.67. The van der Waals surface area contributed by atoms with Gasteiger partial charge in [-0.15, -0.1) is 0 Å². The normalized spacial score (nSPS) is 19.6. The van der Waals surface area contributed by atoms with E-state index in [9.17, 15) is 4.79 Å². The van der Waals surface area contributed by atoms with E-state index < -0.39 is 0 Å². The van der Waals surface area contributed by atoms with Crippen LogP contribution in [0.4, 0.5) is 0 Å². The average molecular weight is 411 g/mol. The molecule has 1 saturated carbocycles. The molecule has 1 N–H and O–H groups in total. The molecule has 1 atom stereocenters. The number of pyridine rings is 1. The molecule has 152 valence electrons. The third-order valence-corrected chi connectivity index (χ3v) is 6.03.